The van der Waals surface area contributed by atoms with Gasteiger partial charge >= 0.3 is 0 Å². The number of methoxy groups -OCH3 is 1. The van der Waals surface area contributed by atoms with E-state index in [1.807, 2.05) is 24.3 Å². The first-order valence-corrected chi connectivity index (χ1v) is 7.20. The summed E-state index contributed by atoms with van der Waals surface area (Å²) in [5, 5.41) is 0.753. The van der Waals surface area contributed by atoms with Crippen LogP contribution in [0.25, 0.3) is 0 Å². The normalized spacial score (nSPS) is 14.6. The van der Waals surface area contributed by atoms with Crippen LogP contribution in [0.2, 0.25) is 5.02 Å². The Labute approximate surface area is 121 Å². The van der Waals surface area contributed by atoms with Gasteiger partial charge in [0.2, 0.25) is 0 Å². The van der Waals surface area contributed by atoms with E-state index in [-0.39, 0.29) is 6.04 Å². The Morgan fingerprint density at radius 3 is 2.63 bits per heavy atom. The summed E-state index contributed by atoms with van der Waals surface area (Å²) in [5.74, 6) is 0. The summed E-state index contributed by atoms with van der Waals surface area (Å²) in [4.78, 5) is 2.38. The average molecular weight is 285 g/mol. The first-order chi connectivity index (χ1) is 9.10. The Kier molecular flexibility index (Phi) is 7.39. The van der Waals surface area contributed by atoms with Crippen LogP contribution in [0.5, 0.6) is 0 Å². The van der Waals surface area contributed by atoms with Crippen LogP contribution < -0.4 is 5.73 Å². The smallest absolute Gasteiger partial charge is 0.0615 e. The summed E-state index contributed by atoms with van der Waals surface area (Å²) < 4.78 is 5.20. The Balaban J connectivity index is 2.53. The summed E-state index contributed by atoms with van der Waals surface area (Å²) in [5.41, 5.74) is 7.26. The first kappa shape index (κ1) is 16.4. The molecular formula is C15H25ClN2O. The van der Waals surface area contributed by atoms with Gasteiger partial charge in [-0.2, -0.15) is 0 Å². The minimum absolute atomic E-state index is 0.0162. The van der Waals surface area contributed by atoms with E-state index in [0.29, 0.717) is 6.04 Å². The molecule has 2 unspecified atom stereocenters. The monoisotopic (exact) mass is 284 g/mol. The minimum atomic E-state index is -0.0162. The van der Waals surface area contributed by atoms with E-state index in [4.69, 9.17) is 22.1 Å². The fourth-order valence-electron chi connectivity index (χ4n) is 2.27. The number of likely N-dealkylation sites (N-methyl/N-ethyl adjacent to an activating group) is 1. The van der Waals surface area contributed by atoms with Crippen molar-refractivity contribution in [3.8, 4) is 0 Å². The molecule has 0 spiro atoms. The van der Waals surface area contributed by atoms with Crippen LogP contribution in [-0.2, 0) is 4.74 Å². The average Bonchev–Trinajstić information content (AvgIpc) is 2.40. The van der Waals surface area contributed by atoms with Gasteiger partial charge in [-0.15, -0.1) is 0 Å². The molecule has 0 bridgehead atoms. The lowest BCUT2D eigenvalue weighted by molar-refractivity contribution is 0.101. The predicted octanol–water partition coefficient (Wildman–Crippen LogP) is 3.09. The number of benzene rings is 1. The van der Waals surface area contributed by atoms with Crippen molar-refractivity contribution in [1.29, 1.82) is 0 Å². The molecule has 0 aromatic heterocycles. The Hall–Kier alpha value is -0.610. The van der Waals surface area contributed by atoms with Gasteiger partial charge in [0.05, 0.1) is 6.61 Å². The molecule has 0 fully saturated rings. The second-order valence-corrected chi connectivity index (χ2v) is 5.26. The lowest BCUT2D eigenvalue weighted by Gasteiger charge is -2.28. The van der Waals surface area contributed by atoms with Gasteiger partial charge in [0.15, 0.2) is 0 Å². The lowest BCUT2D eigenvalue weighted by atomic mass is 10.0. The fraction of sp³-hybridized carbons (Fsp3) is 0.600. The highest BCUT2D eigenvalue weighted by Gasteiger charge is 2.15. The number of nitrogens with zero attached hydrogens (tertiary/aromatic N) is 1. The molecule has 4 heteroatoms. The summed E-state index contributed by atoms with van der Waals surface area (Å²) in [6.07, 6.45) is 0.894. The van der Waals surface area contributed by atoms with Gasteiger partial charge < -0.3 is 10.5 Å². The highest BCUT2D eigenvalue weighted by Crippen LogP contribution is 2.23. The molecular weight excluding hydrogens is 260 g/mol. The molecule has 108 valence electrons. The molecule has 0 saturated heterocycles. The molecule has 0 aliphatic carbocycles. The zero-order valence-electron chi connectivity index (χ0n) is 12.1. The highest BCUT2D eigenvalue weighted by molar-refractivity contribution is 6.31. The van der Waals surface area contributed by atoms with Crippen LogP contribution in [0.3, 0.4) is 0 Å². The highest BCUT2D eigenvalue weighted by atomic mass is 35.5. The largest absolute Gasteiger partial charge is 0.383 e. The Morgan fingerprint density at radius 2 is 2.05 bits per heavy atom. The molecule has 0 aliphatic rings. The van der Waals surface area contributed by atoms with Gasteiger partial charge in [-0.3, -0.25) is 4.90 Å². The van der Waals surface area contributed by atoms with E-state index in [1.165, 1.54) is 0 Å². The predicted molar refractivity (Wildman–Crippen MR) is 81.6 cm³/mol. The standard InChI is InChI=1S/C15H25ClN2O/c1-4-18(12(2)11-19-3)10-9-15(17)13-7-5-6-8-14(13)16/h5-8,12,15H,4,9-11,17H2,1-3H3. The molecule has 0 amide bonds. The maximum atomic E-state index is 6.23. The first-order valence-electron chi connectivity index (χ1n) is 6.83. The van der Waals surface area contributed by atoms with Gasteiger partial charge in [0.1, 0.15) is 0 Å². The molecule has 1 aromatic carbocycles. The minimum Gasteiger partial charge on any atom is -0.383 e. The quantitative estimate of drug-likeness (QED) is 0.797. The molecule has 0 saturated carbocycles. The van der Waals surface area contributed by atoms with E-state index < -0.39 is 0 Å². The van der Waals surface area contributed by atoms with Gasteiger partial charge in [-0.05, 0) is 31.5 Å². The molecule has 1 aromatic rings. The number of nitrogens with two attached hydrogens (primary N) is 1. The molecule has 3 nitrogen and oxygen atoms in total. The number of ether oxygens (including phenoxy) is 1. The van der Waals surface area contributed by atoms with Crippen LogP contribution in [0, 0.1) is 0 Å². The molecule has 0 radical (unpaired) electrons. The summed E-state index contributed by atoms with van der Waals surface area (Å²) in [6, 6.07) is 8.19. The molecule has 1 rings (SSSR count). The third-order valence-corrected chi connectivity index (χ3v) is 3.81. The molecule has 0 aliphatic heterocycles. The summed E-state index contributed by atoms with van der Waals surface area (Å²) in [7, 11) is 1.74. The number of rotatable bonds is 8. The van der Waals surface area contributed by atoms with Gasteiger partial charge in [-0.25, -0.2) is 0 Å². The van der Waals surface area contributed by atoms with Crippen molar-refractivity contribution in [2.24, 2.45) is 5.73 Å². The summed E-state index contributed by atoms with van der Waals surface area (Å²) >= 11 is 6.17. The SMILES string of the molecule is CCN(CCC(N)c1ccccc1Cl)C(C)COC. The topological polar surface area (TPSA) is 38.5 Å². The lowest BCUT2D eigenvalue weighted by Crippen LogP contribution is -2.37. The van der Waals surface area contributed by atoms with Crippen molar-refractivity contribution in [3.63, 3.8) is 0 Å². The van der Waals surface area contributed by atoms with Gasteiger partial charge in [-0.1, -0.05) is 36.7 Å². The van der Waals surface area contributed by atoms with Crippen LogP contribution >= 0.6 is 11.6 Å². The van der Waals surface area contributed by atoms with E-state index in [9.17, 15) is 0 Å². The van der Waals surface area contributed by atoms with Crippen LogP contribution in [0.4, 0.5) is 0 Å². The molecule has 2 atom stereocenters. The third kappa shape index (κ3) is 5.11. The zero-order chi connectivity index (χ0) is 14.3. The fourth-order valence-corrected chi connectivity index (χ4v) is 2.55. The van der Waals surface area contributed by atoms with Gasteiger partial charge in [0.25, 0.3) is 0 Å². The van der Waals surface area contributed by atoms with Crippen molar-refractivity contribution < 1.29 is 4.74 Å². The van der Waals surface area contributed by atoms with Crippen LogP contribution in [0.1, 0.15) is 31.9 Å². The van der Waals surface area contributed by atoms with Crippen molar-refractivity contribution in [2.45, 2.75) is 32.4 Å². The van der Waals surface area contributed by atoms with Crippen molar-refractivity contribution in [2.75, 3.05) is 26.8 Å². The molecule has 2 N–H and O–H groups in total. The number of hydrogen-bond donors (Lipinski definition) is 1. The maximum absolute atomic E-state index is 6.23. The van der Waals surface area contributed by atoms with E-state index in [2.05, 4.69) is 18.7 Å². The third-order valence-electron chi connectivity index (χ3n) is 3.47. The Bertz CT molecular complexity index is 373. The second-order valence-electron chi connectivity index (χ2n) is 4.85. The number of halogens is 1. The van der Waals surface area contributed by atoms with Crippen molar-refractivity contribution >= 4 is 11.6 Å². The molecule has 19 heavy (non-hydrogen) atoms. The maximum Gasteiger partial charge on any atom is 0.0615 e. The Morgan fingerprint density at radius 1 is 1.37 bits per heavy atom. The number of hydrogen-bond acceptors (Lipinski definition) is 3. The van der Waals surface area contributed by atoms with E-state index >= 15 is 0 Å². The zero-order valence-corrected chi connectivity index (χ0v) is 12.9. The van der Waals surface area contributed by atoms with Gasteiger partial charge in [0, 0.05) is 30.8 Å². The summed E-state index contributed by atoms with van der Waals surface area (Å²) in [6.45, 7) is 7.03. The second kappa shape index (κ2) is 8.54. The van der Waals surface area contributed by atoms with Crippen molar-refractivity contribution in [3.05, 3.63) is 34.9 Å². The van der Waals surface area contributed by atoms with Crippen molar-refractivity contribution in [1.82, 2.24) is 4.90 Å². The molecule has 0 heterocycles. The van der Waals surface area contributed by atoms with Crippen LogP contribution in [0.15, 0.2) is 24.3 Å². The van der Waals surface area contributed by atoms with E-state index in [0.717, 1.165) is 36.7 Å². The van der Waals surface area contributed by atoms with Crippen LogP contribution in [-0.4, -0.2) is 37.7 Å². The van der Waals surface area contributed by atoms with E-state index in [1.54, 1.807) is 7.11 Å².